The molecule has 0 aromatic heterocycles. The summed E-state index contributed by atoms with van der Waals surface area (Å²) in [5, 5.41) is 10.8. The number of hydrogen-bond donors (Lipinski definition) is 2. The zero-order valence-corrected chi connectivity index (χ0v) is 11.9. The zero-order valence-electron chi connectivity index (χ0n) is 11.1. The normalized spacial score (nSPS) is 17.5. The molecule has 0 atom stereocenters. The summed E-state index contributed by atoms with van der Waals surface area (Å²) >= 11 is 0. The van der Waals surface area contributed by atoms with Gasteiger partial charge in [-0.05, 0) is 32.3 Å². The third-order valence-corrected chi connectivity index (χ3v) is 5.05. The molecule has 0 heterocycles. The molecular formula is C12H17N3O4S. The molecule has 0 spiro atoms. The quantitative estimate of drug-likeness (QED) is 0.623. The van der Waals surface area contributed by atoms with E-state index in [0.717, 1.165) is 25.3 Å². The second kappa shape index (κ2) is 5.12. The Hall–Kier alpha value is -1.51. The van der Waals surface area contributed by atoms with Gasteiger partial charge in [0.1, 0.15) is 0 Å². The maximum atomic E-state index is 12.1. The van der Waals surface area contributed by atoms with Crippen molar-refractivity contribution in [2.75, 3.05) is 6.54 Å². The maximum Gasteiger partial charge on any atom is 0.273 e. The lowest BCUT2D eigenvalue weighted by Gasteiger charge is -2.37. The Morgan fingerprint density at radius 2 is 2.10 bits per heavy atom. The lowest BCUT2D eigenvalue weighted by atomic mass is 9.78. The van der Waals surface area contributed by atoms with Crippen LogP contribution in [-0.2, 0) is 10.0 Å². The Morgan fingerprint density at radius 1 is 1.45 bits per heavy atom. The third kappa shape index (κ3) is 2.97. The van der Waals surface area contributed by atoms with Crippen LogP contribution >= 0.6 is 0 Å². The van der Waals surface area contributed by atoms with Crippen molar-refractivity contribution in [2.24, 2.45) is 5.73 Å². The fourth-order valence-electron chi connectivity index (χ4n) is 2.08. The van der Waals surface area contributed by atoms with Crippen molar-refractivity contribution in [1.82, 2.24) is 4.72 Å². The summed E-state index contributed by atoms with van der Waals surface area (Å²) in [6.07, 6.45) is 2.56. The number of aryl methyl sites for hydroxylation is 1. The monoisotopic (exact) mass is 299 g/mol. The lowest BCUT2D eigenvalue weighted by Crippen LogP contribution is -2.54. The van der Waals surface area contributed by atoms with Gasteiger partial charge < -0.3 is 5.73 Å². The molecule has 0 saturated heterocycles. The van der Waals surface area contributed by atoms with Crippen LogP contribution in [0.5, 0.6) is 0 Å². The van der Waals surface area contributed by atoms with Crippen LogP contribution < -0.4 is 10.5 Å². The van der Waals surface area contributed by atoms with Crippen molar-refractivity contribution in [3.05, 3.63) is 33.9 Å². The van der Waals surface area contributed by atoms with Crippen molar-refractivity contribution in [2.45, 2.75) is 36.6 Å². The van der Waals surface area contributed by atoms with Crippen LogP contribution in [0.3, 0.4) is 0 Å². The second-order valence-electron chi connectivity index (χ2n) is 5.25. The molecule has 0 unspecified atom stereocenters. The molecule has 110 valence electrons. The van der Waals surface area contributed by atoms with Gasteiger partial charge in [0.25, 0.3) is 5.69 Å². The number of benzene rings is 1. The van der Waals surface area contributed by atoms with E-state index >= 15 is 0 Å². The fraction of sp³-hybridized carbons (Fsp3) is 0.500. The largest absolute Gasteiger partial charge is 0.324 e. The number of hydrogen-bond acceptors (Lipinski definition) is 5. The van der Waals surface area contributed by atoms with Gasteiger partial charge in [-0.15, -0.1) is 0 Å². The van der Waals surface area contributed by atoms with Crippen LogP contribution in [0.2, 0.25) is 0 Å². The summed E-state index contributed by atoms with van der Waals surface area (Å²) in [6, 6.07) is 3.85. The van der Waals surface area contributed by atoms with E-state index in [2.05, 4.69) is 4.72 Å². The molecule has 1 aromatic rings. The molecule has 2 rings (SSSR count). The number of nitro benzene ring substituents is 1. The molecule has 1 aromatic carbocycles. The summed E-state index contributed by atoms with van der Waals surface area (Å²) < 4.78 is 26.7. The van der Waals surface area contributed by atoms with Gasteiger partial charge in [-0.3, -0.25) is 10.1 Å². The van der Waals surface area contributed by atoms with E-state index in [0.29, 0.717) is 5.56 Å². The number of rotatable bonds is 5. The molecule has 0 bridgehead atoms. The van der Waals surface area contributed by atoms with Crippen LogP contribution in [0.15, 0.2) is 23.1 Å². The predicted octanol–water partition coefficient (Wildman–Crippen LogP) is 1.06. The van der Waals surface area contributed by atoms with Gasteiger partial charge in [0.2, 0.25) is 10.0 Å². The first-order valence-electron chi connectivity index (χ1n) is 6.27. The molecular weight excluding hydrogens is 282 g/mol. The minimum absolute atomic E-state index is 0.113. The van der Waals surface area contributed by atoms with Crippen LogP contribution in [0.25, 0.3) is 0 Å². The Morgan fingerprint density at radius 3 is 2.60 bits per heavy atom. The maximum absolute atomic E-state index is 12.1. The summed E-state index contributed by atoms with van der Waals surface area (Å²) in [4.78, 5) is 10.1. The number of nitrogens with two attached hydrogens (primary N) is 1. The first-order chi connectivity index (χ1) is 9.23. The summed E-state index contributed by atoms with van der Waals surface area (Å²) in [6.45, 7) is 1.71. The topological polar surface area (TPSA) is 115 Å². The van der Waals surface area contributed by atoms with Crippen LogP contribution in [0.1, 0.15) is 24.8 Å². The Labute approximate surface area is 117 Å². The molecule has 8 heteroatoms. The first kappa shape index (κ1) is 14.9. The summed E-state index contributed by atoms with van der Waals surface area (Å²) in [5.41, 5.74) is 5.68. The van der Waals surface area contributed by atoms with Crippen molar-refractivity contribution >= 4 is 15.7 Å². The molecule has 1 saturated carbocycles. The van der Waals surface area contributed by atoms with E-state index in [1.54, 1.807) is 6.92 Å². The van der Waals surface area contributed by atoms with Gasteiger partial charge in [-0.2, -0.15) is 0 Å². The van der Waals surface area contributed by atoms with Crippen molar-refractivity contribution < 1.29 is 13.3 Å². The Bertz CT molecular complexity index is 638. The van der Waals surface area contributed by atoms with E-state index in [1.807, 2.05) is 0 Å². The summed E-state index contributed by atoms with van der Waals surface area (Å²) in [5.74, 6) is 0. The van der Waals surface area contributed by atoms with Gasteiger partial charge in [0.15, 0.2) is 0 Å². The number of sulfonamides is 1. The van der Waals surface area contributed by atoms with Crippen LogP contribution in [-0.4, -0.2) is 25.4 Å². The molecule has 7 nitrogen and oxygen atoms in total. The number of nitro groups is 1. The van der Waals surface area contributed by atoms with E-state index in [1.165, 1.54) is 12.1 Å². The van der Waals surface area contributed by atoms with Gasteiger partial charge in [0.05, 0.1) is 9.82 Å². The summed E-state index contributed by atoms with van der Waals surface area (Å²) in [7, 11) is -3.78. The SMILES string of the molecule is Cc1ccc(S(=O)(=O)NCC2(N)CCC2)cc1[N+](=O)[O-]. The van der Waals surface area contributed by atoms with E-state index < -0.39 is 20.5 Å². The van der Waals surface area contributed by atoms with Crippen LogP contribution in [0.4, 0.5) is 5.69 Å². The van der Waals surface area contributed by atoms with Crippen molar-refractivity contribution in [3.63, 3.8) is 0 Å². The average molecular weight is 299 g/mol. The highest BCUT2D eigenvalue weighted by atomic mass is 32.2. The van der Waals surface area contributed by atoms with Crippen LogP contribution in [0, 0.1) is 17.0 Å². The fourth-order valence-corrected chi connectivity index (χ4v) is 3.24. The lowest BCUT2D eigenvalue weighted by molar-refractivity contribution is -0.385. The van der Waals surface area contributed by atoms with E-state index in [9.17, 15) is 18.5 Å². The van der Waals surface area contributed by atoms with Crippen molar-refractivity contribution in [3.8, 4) is 0 Å². The molecule has 1 aliphatic carbocycles. The molecule has 1 aliphatic rings. The number of nitrogens with one attached hydrogen (secondary N) is 1. The van der Waals surface area contributed by atoms with Gasteiger partial charge in [-0.25, -0.2) is 13.1 Å². The minimum Gasteiger partial charge on any atom is -0.324 e. The predicted molar refractivity (Wildman–Crippen MR) is 73.8 cm³/mol. The third-order valence-electron chi connectivity index (χ3n) is 3.65. The minimum atomic E-state index is -3.78. The average Bonchev–Trinajstić information content (AvgIpc) is 2.34. The second-order valence-corrected chi connectivity index (χ2v) is 7.01. The Kier molecular flexibility index (Phi) is 3.81. The zero-order chi connectivity index (χ0) is 15.0. The molecule has 1 fully saturated rings. The highest BCUT2D eigenvalue weighted by Gasteiger charge is 2.34. The standard InChI is InChI=1S/C12H17N3O4S/c1-9-3-4-10(7-11(9)15(16)17)20(18,19)14-8-12(13)5-2-6-12/h3-4,7,14H,2,5-6,8,13H2,1H3. The highest BCUT2D eigenvalue weighted by Crippen LogP contribution is 2.29. The first-order valence-corrected chi connectivity index (χ1v) is 7.75. The van der Waals surface area contributed by atoms with E-state index in [-0.39, 0.29) is 17.1 Å². The molecule has 0 radical (unpaired) electrons. The van der Waals surface area contributed by atoms with Gasteiger partial charge in [-0.1, -0.05) is 6.07 Å². The van der Waals surface area contributed by atoms with E-state index in [4.69, 9.17) is 5.73 Å². The van der Waals surface area contributed by atoms with Crippen molar-refractivity contribution in [1.29, 1.82) is 0 Å². The molecule has 3 N–H and O–H groups in total. The molecule has 20 heavy (non-hydrogen) atoms. The molecule has 0 aliphatic heterocycles. The smallest absolute Gasteiger partial charge is 0.273 e. The molecule has 0 amide bonds. The van der Waals surface area contributed by atoms with Gasteiger partial charge in [0, 0.05) is 23.7 Å². The number of nitrogens with zero attached hydrogens (tertiary/aromatic N) is 1. The highest BCUT2D eigenvalue weighted by molar-refractivity contribution is 7.89. The Balaban J connectivity index is 2.21. The van der Waals surface area contributed by atoms with Gasteiger partial charge >= 0.3 is 0 Å².